The van der Waals surface area contributed by atoms with Gasteiger partial charge in [0.25, 0.3) is 0 Å². The van der Waals surface area contributed by atoms with Gasteiger partial charge in [0.15, 0.2) is 11.6 Å². The number of Topliss-reactive ketones (excluding diaryl/α,β-unsaturated/α-hetero) is 2. The lowest BCUT2D eigenvalue weighted by molar-refractivity contribution is -0.140. The van der Waals surface area contributed by atoms with Gasteiger partial charge in [0.05, 0.1) is 5.57 Å². The van der Waals surface area contributed by atoms with E-state index in [1.54, 1.807) is 0 Å². The number of rotatable bonds is 3. The van der Waals surface area contributed by atoms with E-state index in [0.717, 1.165) is 22.3 Å². The molecule has 0 atom stereocenters. The number of carbonyl (C=O) groups excluding carboxylic acids is 3. The lowest BCUT2D eigenvalue weighted by atomic mass is 9.73. The molecule has 2 aliphatic carbocycles. The Labute approximate surface area is 170 Å². The molecule has 148 valence electrons. The summed E-state index contributed by atoms with van der Waals surface area (Å²) < 4.78 is 5.60. The number of hydrogen-bond donors (Lipinski definition) is 0. The molecule has 0 bridgehead atoms. The number of esters is 1. The molecule has 0 heterocycles. The Morgan fingerprint density at radius 3 is 1.93 bits per heavy atom. The van der Waals surface area contributed by atoms with E-state index in [1.807, 2.05) is 38.1 Å². The minimum absolute atomic E-state index is 0.0153. The third-order valence-corrected chi connectivity index (χ3v) is 5.86. The molecule has 0 radical (unpaired) electrons. The van der Waals surface area contributed by atoms with Crippen LogP contribution in [0.4, 0.5) is 0 Å². The van der Waals surface area contributed by atoms with Crippen LogP contribution in [0.15, 0.2) is 59.7 Å². The fourth-order valence-corrected chi connectivity index (χ4v) is 4.49. The smallest absolute Gasteiger partial charge is 0.334 e. The van der Waals surface area contributed by atoms with Crippen LogP contribution < -0.4 is 0 Å². The average Bonchev–Trinajstić information content (AvgIpc) is 2.98. The van der Waals surface area contributed by atoms with Crippen molar-refractivity contribution in [2.75, 3.05) is 6.61 Å². The van der Waals surface area contributed by atoms with Gasteiger partial charge < -0.3 is 4.74 Å². The summed E-state index contributed by atoms with van der Waals surface area (Å²) in [6.45, 7) is 5.47. The molecule has 1 fully saturated rings. The van der Waals surface area contributed by atoms with Gasteiger partial charge in [0.1, 0.15) is 6.61 Å². The molecule has 4 nitrogen and oxygen atoms in total. The Kier molecular flexibility index (Phi) is 4.73. The molecule has 29 heavy (non-hydrogen) atoms. The zero-order valence-electron chi connectivity index (χ0n) is 17.0. The molecule has 0 saturated heterocycles. The summed E-state index contributed by atoms with van der Waals surface area (Å²) in [5.41, 5.74) is 4.32. The SMILES string of the molecule is CC(C(=O)OCC1c2ccccc2-c2ccccc21)=C1C(=O)CC(C)(C)CC1=O. The Hall–Kier alpha value is -3.01. The van der Waals surface area contributed by atoms with E-state index in [2.05, 4.69) is 24.3 Å². The van der Waals surface area contributed by atoms with E-state index in [-0.39, 0.29) is 53.5 Å². The van der Waals surface area contributed by atoms with Crippen LogP contribution in [0.5, 0.6) is 0 Å². The highest BCUT2D eigenvalue weighted by Crippen LogP contribution is 2.44. The van der Waals surface area contributed by atoms with Gasteiger partial charge in [0, 0.05) is 24.3 Å². The molecule has 4 heteroatoms. The van der Waals surface area contributed by atoms with Crippen molar-refractivity contribution in [2.45, 2.75) is 39.5 Å². The quantitative estimate of drug-likeness (QED) is 0.437. The number of fused-ring (bicyclic) bond motifs is 3. The van der Waals surface area contributed by atoms with Crippen molar-refractivity contribution in [3.05, 3.63) is 70.8 Å². The van der Waals surface area contributed by atoms with Gasteiger partial charge in [-0.15, -0.1) is 0 Å². The highest BCUT2D eigenvalue weighted by atomic mass is 16.5. The summed E-state index contributed by atoms with van der Waals surface area (Å²) >= 11 is 0. The van der Waals surface area contributed by atoms with E-state index in [9.17, 15) is 14.4 Å². The third kappa shape index (κ3) is 3.44. The van der Waals surface area contributed by atoms with Crippen molar-refractivity contribution in [3.63, 3.8) is 0 Å². The molecular weight excluding hydrogens is 364 g/mol. The molecule has 0 N–H and O–H groups in total. The maximum Gasteiger partial charge on any atom is 0.334 e. The van der Waals surface area contributed by atoms with E-state index >= 15 is 0 Å². The number of benzene rings is 2. The number of ether oxygens (including phenoxy) is 1. The largest absolute Gasteiger partial charge is 0.461 e. The maximum absolute atomic E-state index is 12.7. The van der Waals surface area contributed by atoms with Crippen LogP contribution in [-0.4, -0.2) is 24.1 Å². The van der Waals surface area contributed by atoms with Crippen LogP contribution in [0.1, 0.15) is 50.7 Å². The summed E-state index contributed by atoms with van der Waals surface area (Å²) in [6.07, 6.45) is 0.532. The molecular formula is C25H24O4. The van der Waals surface area contributed by atoms with Crippen molar-refractivity contribution in [2.24, 2.45) is 5.41 Å². The van der Waals surface area contributed by atoms with Crippen LogP contribution in [0.3, 0.4) is 0 Å². The molecule has 0 aliphatic heterocycles. The Morgan fingerprint density at radius 2 is 1.41 bits per heavy atom. The monoisotopic (exact) mass is 388 g/mol. The van der Waals surface area contributed by atoms with E-state index in [0.29, 0.717) is 0 Å². The zero-order chi connectivity index (χ0) is 20.8. The molecule has 0 spiro atoms. The Morgan fingerprint density at radius 1 is 0.931 bits per heavy atom. The van der Waals surface area contributed by atoms with Crippen molar-refractivity contribution < 1.29 is 19.1 Å². The van der Waals surface area contributed by atoms with Gasteiger partial charge >= 0.3 is 5.97 Å². The van der Waals surface area contributed by atoms with Gasteiger partial charge in [-0.05, 0) is 34.6 Å². The van der Waals surface area contributed by atoms with Crippen LogP contribution >= 0.6 is 0 Å². The third-order valence-electron chi connectivity index (χ3n) is 5.86. The highest BCUT2D eigenvalue weighted by Gasteiger charge is 2.38. The van der Waals surface area contributed by atoms with Crippen LogP contribution in [0, 0.1) is 5.41 Å². The normalized spacial score (nSPS) is 17.7. The first kappa shape index (κ1) is 19.3. The summed E-state index contributed by atoms with van der Waals surface area (Å²) in [5.74, 6) is -1.18. The summed E-state index contributed by atoms with van der Waals surface area (Å²) in [4.78, 5) is 37.6. The number of allylic oxidation sites excluding steroid dienone is 1. The second-order valence-electron chi connectivity index (χ2n) is 8.69. The summed E-state index contributed by atoms with van der Waals surface area (Å²) in [5, 5.41) is 0. The minimum atomic E-state index is -0.594. The van der Waals surface area contributed by atoms with Crippen molar-refractivity contribution in [1.29, 1.82) is 0 Å². The Bertz CT molecular complexity index is 990. The standard InChI is InChI=1S/C25H24O4/c1-15(23-21(26)12-25(2,3)13-22(23)27)24(28)29-14-20-18-10-6-4-8-16(18)17-9-5-7-11-19(17)20/h4-11,20H,12-14H2,1-3H3. The summed E-state index contributed by atoms with van der Waals surface area (Å²) in [6, 6.07) is 16.2. The molecule has 1 saturated carbocycles. The van der Waals surface area contributed by atoms with E-state index in [1.165, 1.54) is 6.92 Å². The second kappa shape index (κ2) is 7.11. The molecule has 2 aromatic rings. The van der Waals surface area contributed by atoms with Gasteiger partial charge in [-0.3, -0.25) is 9.59 Å². The average molecular weight is 388 g/mol. The van der Waals surface area contributed by atoms with Crippen LogP contribution in [-0.2, 0) is 19.1 Å². The lowest BCUT2D eigenvalue weighted by Gasteiger charge is -2.29. The summed E-state index contributed by atoms with van der Waals surface area (Å²) in [7, 11) is 0. The van der Waals surface area contributed by atoms with Crippen LogP contribution in [0.2, 0.25) is 0 Å². The van der Waals surface area contributed by atoms with Crippen molar-refractivity contribution in [3.8, 4) is 11.1 Å². The van der Waals surface area contributed by atoms with Gasteiger partial charge in [-0.2, -0.15) is 0 Å². The molecule has 0 amide bonds. The molecule has 2 aliphatic rings. The highest BCUT2D eigenvalue weighted by molar-refractivity contribution is 6.25. The first-order valence-corrected chi connectivity index (χ1v) is 9.91. The van der Waals surface area contributed by atoms with E-state index in [4.69, 9.17) is 4.74 Å². The minimum Gasteiger partial charge on any atom is -0.461 e. The molecule has 0 aromatic heterocycles. The predicted octanol–water partition coefficient (Wildman–Crippen LogP) is 4.62. The lowest BCUT2D eigenvalue weighted by Crippen LogP contribution is -2.33. The van der Waals surface area contributed by atoms with Gasteiger partial charge in [0.2, 0.25) is 0 Å². The van der Waals surface area contributed by atoms with Gasteiger partial charge in [-0.25, -0.2) is 4.79 Å². The van der Waals surface area contributed by atoms with Crippen LogP contribution in [0.25, 0.3) is 11.1 Å². The number of ketones is 2. The molecule has 2 aromatic carbocycles. The topological polar surface area (TPSA) is 60.4 Å². The molecule has 0 unspecified atom stereocenters. The fraction of sp³-hybridized carbons (Fsp3) is 0.320. The predicted molar refractivity (Wildman–Crippen MR) is 110 cm³/mol. The fourth-order valence-electron chi connectivity index (χ4n) is 4.49. The number of hydrogen-bond acceptors (Lipinski definition) is 4. The molecule has 4 rings (SSSR count). The second-order valence-corrected chi connectivity index (χ2v) is 8.69. The van der Waals surface area contributed by atoms with E-state index < -0.39 is 5.97 Å². The van der Waals surface area contributed by atoms with Crippen molar-refractivity contribution >= 4 is 17.5 Å². The first-order chi connectivity index (χ1) is 13.8. The Balaban J connectivity index is 1.56. The number of carbonyl (C=O) groups is 3. The maximum atomic E-state index is 12.7. The van der Waals surface area contributed by atoms with Gasteiger partial charge in [-0.1, -0.05) is 62.4 Å². The van der Waals surface area contributed by atoms with Crippen molar-refractivity contribution in [1.82, 2.24) is 0 Å². The zero-order valence-corrected chi connectivity index (χ0v) is 17.0. The first-order valence-electron chi connectivity index (χ1n) is 9.91.